The van der Waals surface area contributed by atoms with Crippen molar-refractivity contribution in [3.05, 3.63) is 60.4 Å². The van der Waals surface area contributed by atoms with Crippen LogP contribution < -0.4 is 9.58 Å². The van der Waals surface area contributed by atoms with Crippen LogP contribution in [-0.4, -0.2) is 32.0 Å². The van der Waals surface area contributed by atoms with Crippen LogP contribution in [0, 0.1) is 0 Å². The summed E-state index contributed by atoms with van der Waals surface area (Å²) in [6.07, 6.45) is 5.72. The van der Waals surface area contributed by atoms with E-state index in [-0.39, 0.29) is 5.75 Å². The van der Waals surface area contributed by atoms with E-state index in [1.54, 1.807) is 11.2 Å². The van der Waals surface area contributed by atoms with E-state index < -0.39 is 10.1 Å². The lowest BCUT2D eigenvalue weighted by Crippen LogP contribution is -2.33. The topological polar surface area (TPSA) is 76.7 Å². The number of rotatable bonds is 7. The van der Waals surface area contributed by atoms with E-state index in [9.17, 15) is 13.0 Å². The molecule has 1 heterocycles. The standard InChI is InChI=1S/C16H19N3O3S/c1-18(16-6-3-2-4-7-16)17-14-15-8-11-19(12-9-15)10-5-13-23(20,21)22/h2-4,6-9,11-12,14H,5,10,13H2,1H3. The first-order valence-corrected chi connectivity index (χ1v) is 8.77. The molecule has 0 saturated heterocycles. The molecule has 0 aliphatic rings. The highest BCUT2D eigenvalue weighted by Crippen LogP contribution is 2.10. The Balaban J connectivity index is 1.91. The molecule has 122 valence electrons. The summed E-state index contributed by atoms with van der Waals surface area (Å²) in [7, 11) is -2.26. The molecule has 0 radical (unpaired) electrons. The number of aryl methyl sites for hydroxylation is 1. The van der Waals surface area contributed by atoms with E-state index in [1.807, 2.05) is 66.5 Å². The van der Waals surface area contributed by atoms with Crippen molar-refractivity contribution in [3.63, 3.8) is 0 Å². The van der Waals surface area contributed by atoms with E-state index in [2.05, 4.69) is 5.10 Å². The molecule has 1 aromatic carbocycles. The first-order valence-electron chi connectivity index (χ1n) is 7.19. The number of aromatic nitrogens is 1. The van der Waals surface area contributed by atoms with Gasteiger partial charge in [0.25, 0.3) is 0 Å². The second kappa shape index (κ2) is 7.85. The van der Waals surface area contributed by atoms with Crippen molar-refractivity contribution in [2.24, 2.45) is 5.10 Å². The van der Waals surface area contributed by atoms with E-state index in [1.165, 1.54) is 0 Å². The summed E-state index contributed by atoms with van der Waals surface area (Å²) in [5, 5.41) is 6.15. The third-order valence-electron chi connectivity index (χ3n) is 3.24. The van der Waals surface area contributed by atoms with Crippen molar-refractivity contribution in [1.82, 2.24) is 0 Å². The van der Waals surface area contributed by atoms with Crippen LogP contribution in [0.1, 0.15) is 12.0 Å². The lowest BCUT2D eigenvalue weighted by molar-refractivity contribution is -0.696. The smallest absolute Gasteiger partial charge is 0.169 e. The minimum atomic E-state index is -4.14. The average molecular weight is 333 g/mol. The van der Waals surface area contributed by atoms with Crippen molar-refractivity contribution in [1.29, 1.82) is 0 Å². The average Bonchev–Trinajstić information content (AvgIpc) is 2.53. The molecule has 1 aromatic heterocycles. The molecule has 0 unspecified atom stereocenters. The molecule has 0 spiro atoms. The molecule has 0 saturated carbocycles. The van der Waals surface area contributed by atoms with Crippen LogP contribution in [0.2, 0.25) is 0 Å². The summed E-state index contributed by atoms with van der Waals surface area (Å²) in [5.74, 6) is -0.342. The molecular weight excluding hydrogens is 314 g/mol. The van der Waals surface area contributed by atoms with Gasteiger partial charge in [-0.25, -0.2) is 13.0 Å². The highest BCUT2D eigenvalue weighted by atomic mass is 32.2. The molecule has 0 fully saturated rings. The highest BCUT2D eigenvalue weighted by Gasteiger charge is 2.03. The Kier molecular flexibility index (Phi) is 5.84. The number of nitrogens with zero attached hydrogens (tertiary/aromatic N) is 3. The molecule has 0 aliphatic carbocycles. The van der Waals surface area contributed by atoms with Gasteiger partial charge in [-0.3, -0.25) is 5.01 Å². The minimum Gasteiger partial charge on any atom is -0.748 e. The van der Waals surface area contributed by atoms with E-state index >= 15 is 0 Å². The zero-order valence-corrected chi connectivity index (χ0v) is 13.7. The van der Waals surface area contributed by atoms with E-state index in [0.717, 1.165) is 11.3 Å². The van der Waals surface area contributed by atoms with Gasteiger partial charge in [0.15, 0.2) is 12.4 Å². The predicted molar refractivity (Wildman–Crippen MR) is 88.3 cm³/mol. The van der Waals surface area contributed by atoms with Crippen LogP contribution in [0.5, 0.6) is 0 Å². The molecule has 6 nitrogen and oxygen atoms in total. The van der Waals surface area contributed by atoms with Crippen molar-refractivity contribution >= 4 is 22.0 Å². The largest absolute Gasteiger partial charge is 0.748 e. The molecule has 0 bridgehead atoms. The van der Waals surface area contributed by atoms with Gasteiger partial charge in [0.05, 0.1) is 22.0 Å². The Morgan fingerprint density at radius 1 is 1.17 bits per heavy atom. The summed E-state index contributed by atoms with van der Waals surface area (Å²) in [5.41, 5.74) is 1.93. The second-order valence-corrected chi connectivity index (χ2v) is 6.61. The van der Waals surface area contributed by atoms with E-state index in [0.29, 0.717) is 13.0 Å². The molecule has 0 N–H and O–H groups in total. The van der Waals surface area contributed by atoms with Gasteiger partial charge in [-0.1, -0.05) is 18.2 Å². The fraction of sp³-hybridized carbons (Fsp3) is 0.250. The zero-order chi connectivity index (χ0) is 16.7. The molecule has 0 amide bonds. The first kappa shape index (κ1) is 17.1. The van der Waals surface area contributed by atoms with Crippen molar-refractivity contribution in [2.45, 2.75) is 13.0 Å². The summed E-state index contributed by atoms with van der Waals surface area (Å²) in [6.45, 7) is 0.489. The zero-order valence-electron chi connectivity index (χ0n) is 12.9. The molecule has 7 heteroatoms. The second-order valence-electron chi connectivity index (χ2n) is 5.09. The quantitative estimate of drug-likeness (QED) is 0.332. The van der Waals surface area contributed by atoms with E-state index in [4.69, 9.17) is 0 Å². The van der Waals surface area contributed by atoms with Crippen LogP contribution in [-0.2, 0) is 16.7 Å². The maximum atomic E-state index is 10.6. The van der Waals surface area contributed by atoms with Crippen molar-refractivity contribution in [3.8, 4) is 0 Å². The normalized spacial score (nSPS) is 11.7. The Labute approximate surface area is 136 Å². The van der Waals surface area contributed by atoms with Gasteiger partial charge in [0.2, 0.25) is 0 Å². The van der Waals surface area contributed by atoms with Crippen LogP contribution in [0.4, 0.5) is 5.69 Å². The van der Waals surface area contributed by atoms with Crippen LogP contribution in [0.3, 0.4) is 0 Å². The van der Waals surface area contributed by atoms with Gasteiger partial charge in [-0.05, 0) is 12.1 Å². The highest BCUT2D eigenvalue weighted by molar-refractivity contribution is 7.85. The van der Waals surface area contributed by atoms with Crippen LogP contribution >= 0.6 is 0 Å². The number of benzene rings is 1. The summed E-state index contributed by atoms with van der Waals surface area (Å²) < 4.78 is 33.5. The monoisotopic (exact) mass is 333 g/mol. The fourth-order valence-corrected chi connectivity index (χ4v) is 2.47. The molecule has 23 heavy (non-hydrogen) atoms. The van der Waals surface area contributed by atoms with Gasteiger partial charge in [-0.15, -0.1) is 0 Å². The predicted octanol–water partition coefficient (Wildman–Crippen LogP) is 1.38. The summed E-state index contributed by atoms with van der Waals surface area (Å²) in [4.78, 5) is 0. The Morgan fingerprint density at radius 2 is 1.83 bits per heavy atom. The lowest BCUT2D eigenvalue weighted by Gasteiger charge is -2.11. The van der Waals surface area contributed by atoms with Gasteiger partial charge < -0.3 is 4.55 Å². The van der Waals surface area contributed by atoms with Crippen LogP contribution in [0.25, 0.3) is 0 Å². The number of hydrazone groups is 1. The Hall–Kier alpha value is -2.25. The van der Waals surface area contributed by atoms with Gasteiger partial charge >= 0.3 is 0 Å². The van der Waals surface area contributed by atoms with Gasteiger partial charge in [-0.2, -0.15) is 5.10 Å². The third kappa shape index (κ3) is 6.17. The SMILES string of the molecule is CN(/N=C/c1cc[n+](CCCS(=O)(=O)[O-])cc1)c1ccccc1. The van der Waals surface area contributed by atoms with Crippen LogP contribution in [0.15, 0.2) is 60.0 Å². The first-order chi connectivity index (χ1) is 10.9. The molecule has 2 rings (SSSR count). The summed E-state index contributed by atoms with van der Waals surface area (Å²) >= 11 is 0. The number of hydrogen-bond donors (Lipinski definition) is 0. The third-order valence-corrected chi connectivity index (χ3v) is 4.03. The molecular formula is C16H19N3O3S. The Morgan fingerprint density at radius 3 is 2.43 bits per heavy atom. The number of anilines is 1. The van der Waals surface area contributed by atoms with Crippen molar-refractivity contribution in [2.75, 3.05) is 17.8 Å². The fourth-order valence-electron chi connectivity index (χ4n) is 1.99. The lowest BCUT2D eigenvalue weighted by atomic mass is 10.3. The maximum absolute atomic E-state index is 10.6. The Bertz CT molecular complexity index is 744. The maximum Gasteiger partial charge on any atom is 0.169 e. The van der Waals surface area contributed by atoms with Gasteiger partial charge in [0.1, 0.15) is 6.54 Å². The molecule has 0 aliphatic heterocycles. The van der Waals surface area contributed by atoms with Crippen molar-refractivity contribution < 1.29 is 17.5 Å². The van der Waals surface area contributed by atoms with Gasteiger partial charge in [0, 0.05) is 36.9 Å². The number of pyridine rings is 1. The molecule has 0 atom stereocenters. The summed E-state index contributed by atoms with van der Waals surface area (Å²) in [6, 6.07) is 13.6. The molecule has 2 aromatic rings. The number of para-hydroxylation sites is 1. The minimum absolute atomic E-state index is 0.306. The number of hydrogen-bond acceptors (Lipinski definition) is 5.